The van der Waals surface area contributed by atoms with Gasteiger partial charge in [-0.25, -0.2) is 17.9 Å². The highest BCUT2D eigenvalue weighted by Crippen LogP contribution is 2.38. The fourth-order valence-electron chi connectivity index (χ4n) is 2.84. The lowest BCUT2D eigenvalue weighted by Crippen LogP contribution is -2.34. The first-order valence-corrected chi connectivity index (χ1v) is 10.3. The van der Waals surface area contributed by atoms with Crippen LogP contribution in [0.1, 0.15) is 18.5 Å². The van der Waals surface area contributed by atoms with Crippen LogP contribution >= 0.6 is 11.6 Å². The largest absolute Gasteiger partial charge is 0.466 e. The molecular weight excluding hydrogens is 390 g/mol. The third-order valence-corrected chi connectivity index (χ3v) is 5.21. The van der Waals surface area contributed by atoms with Gasteiger partial charge >= 0.3 is 5.97 Å². The molecule has 2 atom stereocenters. The molecule has 0 amide bonds. The minimum atomic E-state index is -3.60. The summed E-state index contributed by atoms with van der Waals surface area (Å²) in [6.07, 6.45) is 4.48. The van der Waals surface area contributed by atoms with E-state index in [2.05, 4.69) is 16.4 Å². The number of hydrogen-bond acceptors (Lipinski definition) is 5. The Hall–Kier alpha value is -2.16. The van der Waals surface area contributed by atoms with Gasteiger partial charge in [-0.2, -0.15) is 5.10 Å². The number of nitrogens with zero attached hydrogens (tertiary/aromatic N) is 2. The number of aromatic nitrogens is 2. The number of halogens is 1. The van der Waals surface area contributed by atoms with E-state index >= 15 is 0 Å². The maximum absolute atomic E-state index is 12.0. The van der Waals surface area contributed by atoms with Gasteiger partial charge in [-0.05, 0) is 11.6 Å². The van der Waals surface area contributed by atoms with E-state index in [0.29, 0.717) is 16.1 Å². The summed E-state index contributed by atoms with van der Waals surface area (Å²) in [5.74, 6) is -1.19. The van der Waals surface area contributed by atoms with E-state index in [1.54, 1.807) is 49.2 Å². The first-order valence-electron chi connectivity index (χ1n) is 8.07. The second-order valence-electron chi connectivity index (χ2n) is 6.28. The summed E-state index contributed by atoms with van der Waals surface area (Å²) in [5, 5.41) is 4.60. The number of methoxy groups -OCH3 is 1. The number of esters is 1. The van der Waals surface area contributed by atoms with E-state index < -0.39 is 28.0 Å². The molecule has 146 valence electrons. The molecular formula is C18H22ClN3O4S. The zero-order valence-electron chi connectivity index (χ0n) is 15.6. The number of nitrogens with one attached hydrogen (secondary N) is 1. The molecule has 0 saturated carbocycles. The Morgan fingerprint density at radius 1 is 1.41 bits per heavy atom. The number of hydrogen-bond donors (Lipinski definition) is 1. The predicted molar refractivity (Wildman–Crippen MR) is 105 cm³/mol. The summed E-state index contributed by atoms with van der Waals surface area (Å²) in [6, 6.07) is 4.42. The Labute approximate surface area is 164 Å². The molecule has 0 aliphatic rings. The van der Waals surface area contributed by atoms with Crippen molar-refractivity contribution >= 4 is 27.6 Å². The van der Waals surface area contributed by atoms with Gasteiger partial charge in [0.2, 0.25) is 10.0 Å². The molecule has 1 N–H and O–H groups in total. The summed E-state index contributed by atoms with van der Waals surface area (Å²) < 4.78 is 33.0. The summed E-state index contributed by atoms with van der Waals surface area (Å²) in [5.41, 5.74) is 2.13. The highest BCUT2D eigenvalue weighted by Gasteiger charge is 2.31. The van der Waals surface area contributed by atoms with Gasteiger partial charge < -0.3 is 4.74 Å². The molecule has 2 unspecified atom stereocenters. The van der Waals surface area contributed by atoms with E-state index in [9.17, 15) is 13.2 Å². The maximum Gasteiger partial charge on any atom is 0.333 e. The topological polar surface area (TPSA) is 90.3 Å². The number of carbonyl (C=O) groups is 1. The third kappa shape index (κ3) is 4.97. The van der Waals surface area contributed by atoms with Crippen molar-refractivity contribution in [2.24, 2.45) is 13.0 Å². The van der Waals surface area contributed by atoms with Crippen LogP contribution in [-0.2, 0) is 26.6 Å². The minimum absolute atomic E-state index is 0.149. The zero-order valence-corrected chi connectivity index (χ0v) is 17.1. The van der Waals surface area contributed by atoms with Crippen LogP contribution in [0, 0.1) is 5.92 Å². The van der Waals surface area contributed by atoms with Gasteiger partial charge in [-0.15, -0.1) is 0 Å². The quantitative estimate of drug-likeness (QED) is 0.558. The number of aryl methyl sites for hydroxylation is 1. The van der Waals surface area contributed by atoms with E-state index in [0.717, 1.165) is 11.8 Å². The summed E-state index contributed by atoms with van der Waals surface area (Å²) >= 11 is 6.43. The lowest BCUT2D eigenvalue weighted by molar-refractivity contribution is -0.136. The average Bonchev–Trinajstić information content (AvgIpc) is 3.02. The monoisotopic (exact) mass is 411 g/mol. The van der Waals surface area contributed by atoms with Crippen LogP contribution in [0.4, 0.5) is 0 Å². The number of ether oxygens (including phenoxy) is 1. The van der Waals surface area contributed by atoms with Gasteiger partial charge in [0, 0.05) is 40.9 Å². The maximum atomic E-state index is 12.0. The molecule has 0 aliphatic carbocycles. The smallest absolute Gasteiger partial charge is 0.333 e. The number of rotatable bonds is 7. The van der Waals surface area contributed by atoms with Gasteiger partial charge in [0.1, 0.15) is 0 Å². The molecule has 7 nitrogen and oxygen atoms in total. The van der Waals surface area contributed by atoms with Gasteiger partial charge in [-0.3, -0.25) is 4.68 Å². The minimum Gasteiger partial charge on any atom is -0.466 e. The Bertz CT molecular complexity index is 969. The average molecular weight is 412 g/mol. The van der Waals surface area contributed by atoms with Crippen LogP contribution in [-0.4, -0.2) is 37.5 Å². The Balaban J connectivity index is 2.65. The van der Waals surface area contributed by atoms with Crippen molar-refractivity contribution in [1.82, 2.24) is 14.5 Å². The molecule has 1 aromatic heterocycles. The van der Waals surface area contributed by atoms with Crippen molar-refractivity contribution in [3.8, 4) is 11.1 Å². The molecule has 9 heteroatoms. The molecule has 2 rings (SSSR count). The van der Waals surface area contributed by atoms with Crippen LogP contribution in [0.5, 0.6) is 0 Å². The molecule has 0 bridgehead atoms. The molecule has 0 saturated heterocycles. The fourth-order valence-corrected chi connectivity index (χ4v) is 3.92. The van der Waals surface area contributed by atoms with Crippen LogP contribution < -0.4 is 4.72 Å². The van der Waals surface area contributed by atoms with Gasteiger partial charge in [0.25, 0.3) is 0 Å². The Morgan fingerprint density at radius 2 is 2.07 bits per heavy atom. The first kappa shape index (κ1) is 21.1. The van der Waals surface area contributed by atoms with Crippen LogP contribution in [0.3, 0.4) is 0 Å². The molecule has 27 heavy (non-hydrogen) atoms. The van der Waals surface area contributed by atoms with Crippen molar-refractivity contribution in [3.63, 3.8) is 0 Å². The molecule has 0 fully saturated rings. The first-order chi connectivity index (χ1) is 12.5. The molecule has 1 aromatic carbocycles. The molecule has 0 aliphatic heterocycles. The second-order valence-corrected chi connectivity index (χ2v) is 8.47. The van der Waals surface area contributed by atoms with Crippen LogP contribution in [0.2, 0.25) is 5.02 Å². The van der Waals surface area contributed by atoms with Gasteiger partial charge in [0.15, 0.2) is 0 Å². The Morgan fingerprint density at radius 3 is 2.59 bits per heavy atom. The van der Waals surface area contributed by atoms with E-state index in [-0.39, 0.29) is 5.57 Å². The van der Waals surface area contributed by atoms with Crippen LogP contribution in [0.25, 0.3) is 11.1 Å². The van der Waals surface area contributed by atoms with Crippen molar-refractivity contribution < 1.29 is 17.9 Å². The second kappa shape index (κ2) is 8.24. The lowest BCUT2D eigenvalue weighted by atomic mass is 9.86. The fraction of sp³-hybridized carbons (Fsp3) is 0.333. The molecule has 0 radical (unpaired) electrons. The van der Waals surface area contributed by atoms with Gasteiger partial charge in [0.05, 0.1) is 25.6 Å². The molecule has 2 aromatic rings. The van der Waals surface area contributed by atoms with Crippen molar-refractivity contribution in [2.45, 2.75) is 13.0 Å². The molecule has 0 spiro atoms. The Kier molecular flexibility index (Phi) is 6.46. The van der Waals surface area contributed by atoms with Crippen LogP contribution in [0.15, 0.2) is 42.7 Å². The van der Waals surface area contributed by atoms with E-state index in [1.807, 2.05) is 0 Å². The van der Waals surface area contributed by atoms with E-state index in [4.69, 9.17) is 16.3 Å². The van der Waals surface area contributed by atoms with Crippen molar-refractivity contribution in [3.05, 3.63) is 53.3 Å². The SMILES string of the molecule is C=C(C(=O)OC)C(C)C(NS(C)(=O)=O)c1cccc(Cl)c1-c1cnn(C)c1. The summed E-state index contributed by atoms with van der Waals surface area (Å²) in [4.78, 5) is 11.9. The number of sulfonamides is 1. The van der Waals surface area contributed by atoms with Gasteiger partial charge in [-0.1, -0.05) is 37.2 Å². The number of benzene rings is 1. The van der Waals surface area contributed by atoms with E-state index in [1.165, 1.54) is 7.11 Å². The predicted octanol–water partition coefficient (Wildman–Crippen LogP) is 2.70. The normalized spacial score (nSPS) is 13.8. The standard InChI is InChI=1S/C18H22ClN3O4S/c1-11(12(2)18(23)26-4)17(21-27(5,24)25)14-7-6-8-15(19)16(14)13-9-20-22(3)10-13/h6-11,17,21H,2H2,1,3-5H3. The molecule has 1 heterocycles. The zero-order chi connectivity index (χ0) is 20.4. The lowest BCUT2D eigenvalue weighted by Gasteiger charge is -2.27. The summed E-state index contributed by atoms with van der Waals surface area (Å²) in [7, 11) is -0.575. The summed E-state index contributed by atoms with van der Waals surface area (Å²) in [6.45, 7) is 5.48. The third-order valence-electron chi connectivity index (χ3n) is 4.21. The van der Waals surface area contributed by atoms with Crippen molar-refractivity contribution in [2.75, 3.05) is 13.4 Å². The number of carbonyl (C=O) groups excluding carboxylic acids is 1. The van der Waals surface area contributed by atoms with Crippen molar-refractivity contribution in [1.29, 1.82) is 0 Å². The highest BCUT2D eigenvalue weighted by atomic mass is 35.5. The highest BCUT2D eigenvalue weighted by molar-refractivity contribution is 7.88.